The summed E-state index contributed by atoms with van der Waals surface area (Å²) in [5.41, 5.74) is 3.52. The van der Waals surface area contributed by atoms with Crippen LogP contribution in [0.25, 0.3) is 10.9 Å². The van der Waals surface area contributed by atoms with Gasteiger partial charge in [0.1, 0.15) is 11.6 Å². The third-order valence-corrected chi connectivity index (χ3v) is 8.90. The van der Waals surface area contributed by atoms with Gasteiger partial charge in [-0.3, -0.25) is 9.80 Å². The zero-order valence-electron chi connectivity index (χ0n) is 21.3. The number of hydrogen-bond acceptors (Lipinski definition) is 6. The smallest absolute Gasteiger partial charge is 0.145 e. The number of nitrogens with zero attached hydrogens (tertiary/aromatic N) is 5. The molecule has 5 nitrogen and oxygen atoms in total. The van der Waals surface area contributed by atoms with Crippen LogP contribution in [0.2, 0.25) is 10.0 Å². The van der Waals surface area contributed by atoms with Gasteiger partial charge >= 0.3 is 0 Å². The van der Waals surface area contributed by atoms with E-state index in [1.807, 2.05) is 36.0 Å². The van der Waals surface area contributed by atoms with Crippen molar-refractivity contribution in [2.45, 2.75) is 12.6 Å². The van der Waals surface area contributed by atoms with E-state index >= 15 is 0 Å². The summed E-state index contributed by atoms with van der Waals surface area (Å²) < 4.78 is 0. The SMILES string of the molecule is Clc1ccc(C(c2ccc(Cl)cc2)N2CCN(Cc3nc(N4CCSCC4)c4ccccc4n3)CC2)cc1. The van der Waals surface area contributed by atoms with Crippen LogP contribution in [0.4, 0.5) is 5.82 Å². The lowest BCUT2D eigenvalue weighted by molar-refractivity contribution is 0.103. The summed E-state index contributed by atoms with van der Waals surface area (Å²) in [6.07, 6.45) is 0. The van der Waals surface area contributed by atoms with E-state index in [9.17, 15) is 0 Å². The van der Waals surface area contributed by atoms with E-state index in [2.05, 4.69) is 63.2 Å². The first-order valence-electron chi connectivity index (χ1n) is 13.2. The fourth-order valence-corrected chi connectivity index (χ4v) is 6.63. The van der Waals surface area contributed by atoms with Crippen molar-refractivity contribution in [3.05, 3.63) is 99.8 Å². The van der Waals surface area contributed by atoms with E-state index in [1.165, 1.54) is 11.1 Å². The molecule has 8 heteroatoms. The highest BCUT2D eigenvalue weighted by Gasteiger charge is 2.27. The van der Waals surface area contributed by atoms with Gasteiger partial charge in [0.05, 0.1) is 18.1 Å². The molecule has 2 aliphatic rings. The zero-order chi connectivity index (χ0) is 25.9. The van der Waals surface area contributed by atoms with Gasteiger partial charge in [0.15, 0.2) is 0 Å². The van der Waals surface area contributed by atoms with Gasteiger partial charge < -0.3 is 4.90 Å². The van der Waals surface area contributed by atoms with Crippen molar-refractivity contribution in [1.29, 1.82) is 0 Å². The van der Waals surface area contributed by atoms with Crippen LogP contribution in [-0.4, -0.2) is 70.5 Å². The molecule has 2 saturated heterocycles. The lowest BCUT2D eigenvalue weighted by atomic mass is 9.96. The number of aromatic nitrogens is 2. The number of hydrogen-bond donors (Lipinski definition) is 0. The molecule has 0 saturated carbocycles. The summed E-state index contributed by atoms with van der Waals surface area (Å²) in [4.78, 5) is 17.6. The van der Waals surface area contributed by atoms with E-state index in [1.54, 1.807) is 0 Å². The maximum absolute atomic E-state index is 6.21. The molecule has 2 fully saturated rings. The van der Waals surface area contributed by atoms with Crippen molar-refractivity contribution < 1.29 is 0 Å². The van der Waals surface area contributed by atoms with Crippen molar-refractivity contribution in [1.82, 2.24) is 19.8 Å². The Labute approximate surface area is 238 Å². The quantitative estimate of drug-likeness (QED) is 0.270. The Kier molecular flexibility index (Phi) is 8.05. The minimum Gasteiger partial charge on any atom is -0.354 e. The lowest BCUT2D eigenvalue weighted by Gasteiger charge is -2.39. The summed E-state index contributed by atoms with van der Waals surface area (Å²) in [5, 5.41) is 2.67. The molecule has 6 rings (SSSR count). The molecule has 0 unspecified atom stereocenters. The highest BCUT2D eigenvalue weighted by molar-refractivity contribution is 7.99. The van der Waals surface area contributed by atoms with Crippen molar-refractivity contribution in [3.8, 4) is 0 Å². The molecular weight excluding hydrogens is 533 g/mol. The number of halogens is 2. The van der Waals surface area contributed by atoms with Gasteiger partial charge in [0.2, 0.25) is 0 Å². The Balaban J connectivity index is 1.20. The summed E-state index contributed by atoms with van der Waals surface area (Å²) >= 11 is 14.4. The summed E-state index contributed by atoms with van der Waals surface area (Å²) in [7, 11) is 0. The van der Waals surface area contributed by atoms with Crippen molar-refractivity contribution in [2.75, 3.05) is 55.7 Å². The minimum atomic E-state index is 0.159. The van der Waals surface area contributed by atoms with E-state index in [4.69, 9.17) is 33.2 Å². The van der Waals surface area contributed by atoms with E-state index in [0.29, 0.717) is 0 Å². The maximum atomic E-state index is 6.21. The second kappa shape index (κ2) is 11.8. The third-order valence-electron chi connectivity index (χ3n) is 7.45. The lowest BCUT2D eigenvalue weighted by Crippen LogP contribution is -2.47. The second-order valence-corrected chi connectivity index (χ2v) is 12.0. The number of thioether (sulfide) groups is 1. The van der Waals surface area contributed by atoms with Gasteiger partial charge in [0.25, 0.3) is 0 Å². The number of anilines is 1. The highest BCUT2D eigenvalue weighted by Crippen LogP contribution is 2.32. The van der Waals surface area contributed by atoms with Gasteiger partial charge in [-0.2, -0.15) is 11.8 Å². The first kappa shape index (κ1) is 25.9. The highest BCUT2D eigenvalue weighted by atomic mass is 35.5. The molecule has 3 aromatic carbocycles. The topological polar surface area (TPSA) is 35.5 Å². The number of fused-ring (bicyclic) bond motifs is 1. The summed E-state index contributed by atoms with van der Waals surface area (Å²) in [6.45, 7) is 6.69. The monoisotopic (exact) mass is 563 g/mol. The Bertz CT molecular complexity index is 1320. The van der Waals surface area contributed by atoms with Crippen LogP contribution in [0.5, 0.6) is 0 Å². The fourth-order valence-electron chi connectivity index (χ4n) is 5.48. The van der Waals surface area contributed by atoms with Crippen LogP contribution in [0.3, 0.4) is 0 Å². The molecule has 0 radical (unpaired) electrons. The molecule has 0 aliphatic carbocycles. The second-order valence-electron chi connectivity index (χ2n) is 9.90. The van der Waals surface area contributed by atoms with Crippen molar-refractivity contribution in [2.24, 2.45) is 0 Å². The zero-order valence-corrected chi connectivity index (χ0v) is 23.6. The normalized spacial score (nSPS) is 17.4. The van der Waals surface area contributed by atoms with Crippen LogP contribution in [0, 0.1) is 0 Å². The summed E-state index contributed by atoms with van der Waals surface area (Å²) in [5.74, 6) is 4.31. The van der Waals surface area contributed by atoms with Crippen LogP contribution < -0.4 is 4.90 Å². The van der Waals surface area contributed by atoms with E-state index < -0.39 is 0 Å². The van der Waals surface area contributed by atoms with Crippen molar-refractivity contribution in [3.63, 3.8) is 0 Å². The average Bonchev–Trinajstić information content (AvgIpc) is 2.96. The predicted molar refractivity (Wildman–Crippen MR) is 161 cm³/mol. The molecule has 0 atom stereocenters. The van der Waals surface area contributed by atoms with Crippen LogP contribution in [0.1, 0.15) is 23.0 Å². The molecule has 4 aromatic rings. The number of para-hydroxylation sites is 1. The number of benzene rings is 3. The molecule has 3 heterocycles. The van der Waals surface area contributed by atoms with E-state index in [-0.39, 0.29) is 6.04 Å². The third kappa shape index (κ3) is 5.80. The predicted octanol–water partition coefficient (Wildman–Crippen LogP) is 6.40. The largest absolute Gasteiger partial charge is 0.354 e. The van der Waals surface area contributed by atoms with Gasteiger partial charge in [-0.1, -0.05) is 59.6 Å². The Hall–Kier alpha value is -2.35. The number of rotatable bonds is 6. The van der Waals surface area contributed by atoms with Gasteiger partial charge in [-0.05, 0) is 47.5 Å². The number of piperazine rings is 1. The first-order valence-corrected chi connectivity index (χ1v) is 15.1. The maximum Gasteiger partial charge on any atom is 0.145 e. The average molecular weight is 565 g/mol. The standard InChI is InChI=1S/C30H31Cl2N5S/c31-24-9-5-22(6-10-24)29(23-7-11-25(32)12-8-23)36-15-13-35(14-16-36)21-28-33-27-4-2-1-3-26(27)30(34-28)37-17-19-38-20-18-37/h1-12,29H,13-21H2. The van der Waals surface area contributed by atoms with Gasteiger partial charge in [-0.25, -0.2) is 9.97 Å². The molecule has 0 spiro atoms. The van der Waals surface area contributed by atoms with Crippen LogP contribution in [0.15, 0.2) is 72.8 Å². The molecule has 2 aliphatic heterocycles. The van der Waals surface area contributed by atoms with Crippen molar-refractivity contribution >= 4 is 51.7 Å². The molecule has 0 N–H and O–H groups in total. The molecule has 1 aromatic heterocycles. The molecule has 196 valence electrons. The van der Waals surface area contributed by atoms with Gasteiger partial charge in [-0.15, -0.1) is 0 Å². The first-order chi connectivity index (χ1) is 18.6. The molecular formula is C30H31Cl2N5S. The molecule has 0 bridgehead atoms. The van der Waals surface area contributed by atoms with E-state index in [0.717, 1.165) is 89.9 Å². The van der Waals surface area contributed by atoms with Crippen LogP contribution in [-0.2, 0) is 6.54 Å². The summed E-state index contributed by atoms with van der Waals surface area (Å²) in [6, 6.07) is 25.0. The Morgan fingerprint density at radius 2 is 1.32 bits per heavy atom. The fraction of sp³-hybridized carbons (Fsp3) is 0.333. The van der Waals surface area contributed by atoms with Gasteiger partial charge in [0, 0.05) is 66.2 Å². The van der Waals surface area contributed by atoms with Crippen LogP contribution >= 0.6 is 35.0 Å². The minimum absolute atomic E-state index is 0.159. The molecule has 38 heavy (non-hydrogen) atoms. The Morgan fingerprint density at radius 1 is 0.711 bits per heavy atom. The Morgan fingerprint density at radius 3 is 1.95 bits per heavy atom. The molecule has 0 amide bonds.